The normalized spacial score (nSPS) is 15.2. The molecule has 1 N–H and O–H groups in total. The third-order valence-corrected chi connectivity index (χ3v) is 5.56. The van der Waals surface area contributed by atoms with Crippen molar-refractivity contribution in [2.24, 2.45) is 0 Å². The Balaban J connectivity index is 1.68. The minimum Gasteiger partial charge on any atom is -0.493 e. The van der Waals surface area contributed by atoms with Crippen LogP contribution in [0.2, 0.25) is 0 Å². The zero-order chi connectivity index (χ0) is 23.5. The summed E-state index contributed by atoms with van der Waals surface area (Å²) in [6, 6.07) is 12.8. The van der Waals surface area contributed by atoms with E-state index >= 15 is 0 Å². The number of methoxy groups -OCH3 is 1. The number of hydrogen-bond acceptors (Lipinski definition) is 8. The molecule has 1 aliphatic heterocycles. The molecule has 2 heterocycles. The molecular weight excluding hydrogens is 490 g/mol. The van der Waals surface area contributed by atoms with E-state index in [1.807, 2.05) is 56.3 Å². The van der Waals surface area contributed by atoms with Gasteiger partial charge in [-0.15, -0.1) is 0 Å². The van der Waals surface area contributed by atoms with Crippen LogP contribution >= 0.6 is 15.9 Å². The van der Waals surface area contributed by atoms with E-state index in [4.69, 9.17) is 14.2 Å². The van der Waals surface area contributed by atoms with Crippen LogP contribution < -0.4 is 14.8 Å². The molecule has 4 rings (SSSR count). The van der Waals surface area contributed by atoms with Crippen LogP contribution in [0.4, 0.5) is 5.95 Å². The maximum absolute atomic E-state index is 13.0. The van der Waals surface area contributed by atoms with Gasteiger partial charge in [-0.1, -0.05) is 39.2 Å². The molecule has 0 bridgehead atoms. The Labute approximate surface area is 199 Å². The van der Waals surface area contributed by atoms with Crippen LogP contribution in [-0.4, -0.2) is 39.4 Å². The molecule has 0 saturated carbocycles. The average Bonchev–Trinajstić information content (AvgIpc) is 3.24. The third-order valence-electron chi connectivity index (χ3n) is 5.06. The Morgan fingerprint density at radius 3 is 2.76 bits per heavy atom. The first-order valence-electron chi connectivity index (χ1n) is 10.4. The topological polar surface area (TPSA) is 100 Å². The molecule has 1 aromatic heterocycles. The number of anilines is 1. The minimum absolute atomic E-state index is 0.267. The Hall–Kier alpha value is -3.40. The number of tetrazole rings is 1. The fourth-order valence-electron chi connectivity index (χ4n) is 3.62. The fourth-order valence-corrected chi connectivity index (χ4v) is 4.07. The molecule has 1 atom stereocenters. The quantitative estimate of drug-likeness (QED) is 0.467. The number of hydrogen-bond donors (Lipinski definition) is 1. The number of nitrogens with zero attached hydrogens (tertiary/aromatic N) is 4. The van der Waals surface area contributed by atoms with Crippen molar-refractivity contribution in [1.82, 2.24) is 20.2 Å². The summed E-state index contributed by atoms with van der Waals surface area (Å²) >= 11 is 3.47. The van der Waals surface area contributed by atoms with E-state index in [0.717, 1.165) is 15.6 Å². The molecule has 0 amide bonds. The lowest BCUT2D eigenvalue weighted by molar-refractivity contribution is -0.143. The Kier molecular flexibility index (Phi) is 6.64. The summed E-state index contributed by atoms with van der Waals surface area (Å²) < 4.78 is 19.6. The van der Waals surface area contributed by atoms with Gasteiger partial charge in [0.2, 0.25) is 5.95 Å². The molecule has 2 aromatic carbocycles. The molecule has 1 aliphatic rings. The van der Waals surface area contributed by atoms with Gasteiger partial charge < -0.3 is 19.5 Å². The monoisotopic (exact) mass is 513 g/mol. The van der Waals surface area contributed by atoms with Crippen molar-refractivity contribution in [3.05, 3.63) is 69.3 Å². The van der Waals surface area contributed by atoms with Gasteiger partial charge in [-0.25, -0.2) is 4.79 Å². The standard InChI is InChI=1S/C23H24BrN5O4/c1-13(2)33-22(30)20-14(3)25-23-26-27-28-29(23)21(20)16-8-9-18(19(11-16)31-4)32-12-15-6-5-7-17(24)10-15/h5-11,13,21H,12H2,1-4H3,(H,25,26,28). The van der Waals surface area contributed by atoms with Gasteiger partial charge in [0.05, 0.1) is 18.8 Å². The lowest BCUT2D eigenvalue weighted by atomic mass is 9.95. The molecule has 172 valence electrons. The molecular formula is C23H24BrN5O4. The number of carbonyl (C=O) groups is 1. The van der Waals surface area contributed by atoms with Gasteiger partial charge in [0.15, 0.2) is 11.5 Å². The number of esters is 1. The molecule has 0 fully saturated rings. The number of ether oxygens (including phenoxy) is 3. The van der Waals surface area contributed by atoms with Crippen molar-refractivity contribution in [2.45, 2.75) is 39.5 Å². The van der Waals surface area contributed by atoms with E-state index in [-0.39, 0.29) is 6.10 Å². The molecule has 3 aromatic rings. The van der Waals surface area contributed by atoms with Gasteiger partial charge in [0.1, 0.15) is 12.6 Å². The van der Waals surface area contributed by atoms with Gasteiger partial charge in [0.25, 0.3) is 0 Å². The highest BCUT2D eigenvalue weighted by Gasteiger charge is 2.35. The molecule has 10 heteroatoms. The summed E-state index contributed by atoms with van der Waals surface area (Å²) in [4.78, 5) is 13.0. The number of fused-ring (bicyclic) bond motifs is 1. The molecule has 0 saturated heterocycles. The van der Waals surface area contributed by atoms with Crippen molar-refractivity contribution in [3.8, 4) is 11.5 Å². The third kappa shape index (κ3) is 4.85. The van der Waals surface area contributed by atoms with Crippen LogP contribution in [-0.2, 0) is 16.1 Å². The van der Waals surface area contributed by atoms with Crippen LogP contribution in [0.25, 0.3) is 0 Å². The summed E-state index contributed by atoms with van der Waals surface area (Å²) in [7, 11) is 1.57. The van der Waals surface area contributed by atoms with Crippen molar-refractivity contribution in [1.29, 1.82) is 0 Å². The van der Waals surface area contributed by atoms with Gasteiger partial charge in [0, 0.05) is 10.2 Å². The first kappa shape index (κ1) is 22.8. The molecule has 33 heavy (non-hydrogen) atoms. The summed E-state index contributed by atoms with van der Waals surface area (Å²) in [5, 5.41) is 14.9. The maximum Gasteiger partial charge on any atom is 0.338 e. The van der Waals surface area contributed by atoms with Crippen LogP contribution in [0.15, 0.2) is 58.2 Å². The van der Waals surface area contributed by atoms with E-state index in [1.165, 1.54) is 0 Å². The van der Waals surface area contributed by atoms with E-state index in [1.54, 1.807) is 18.7 Å². The number of rotatable bonds is 7. The SMILES string of the molecule is COc1cc(C2C(C(=O)OC(C)C)=C(C)Nc3nnnn32)ccc1OCc1cccc(Br)c1. The van der Waals surface area contributed by atoms with Gasteiger partial charge in [-0.3, -0.25) is 0 Å². The van der Waals surface area contributed by atoms with Crippen molar-refractivity contribution in [3.63, 3.8) is 0 Å². The number of nitrogens with one attached hydrogen (secondary N) is 1. The second kappa shape index (κ2) is 9.62. The van der Waals surface area contributed by atoms with Crippen molar-refractivity contribution < 1.29 is 19.0 Å². The zero-order valence-electron chi connectivity index (χ0n) is 18.7. The van der Waals surface area contributed by atoms with Gasteiger partial charge in [-0.2, -0.15) is 4.68 Å². The maximum atomic E-state index is 13.0. The van der Waals surface area contributed by atoms with Crippen LogP contribution in [0.5, 0.6) is 11.5 Å². The van der Waals surface area contributed by atoms with Crippen LogP contribution in [0.1, 0.15) is 37.9 Å². The zero-order valence-corrected chi connectivity index (χ0v) is 20.3. The summed E-state index contributed by atoms with van der Waals surface area (Å²) in [6.45, 7) is 5.79. The van der Waals surface area contributed by atoms with E-state index < -0.39 is 12.0 Å². The highest BCUT2D eigenvalue weighted by atomic mass is 79.9. The molecule has 0 radical (unpaired) electrons. The fraction of sp³-hybridized carbons (Fsp3) is 0.304. The first-order valence-corrected chi connectivity index (χ1v) is 11.2. The highest BCUT2D eigenvalue weighted by molar-refractivity contribution is 9.10. The molecule has 9 nitrogen and oxygen atoms in total. The smallest absolute Gasteiger partial charge is 0.338 e. The highest BCUT2D eigenvalue weighted by Crippen LogP contribution is 2.39. The lowest BCUT2D eigenvalue weighted by Gasteiger charge is -2.28. The average molecular weight is 514 g/mol. The number of halogens is 1. The summed E-state index contributed by atoms with van der Waals surface area (Å²) in [5.41, 5.74) is 2.83. The summed E-state index contributed by atoms with van der Waals surface area (Å²) in [6.07, 6.45) is -0.267. The molecule has 1 unspecified atom stereocenters. The van der Waals surface area contributed by atoms with E-state index in [0.29, 0.717) is 35.3 Å². The Morgan fingerprint density at radius 1 is 1.21 bits per heavy atom. The summed E-state index contributed by atoms with van der Waals surface area (Å²) in [5.74, 6) is 1.12. The van der Waals surface area contributed by atoms with E-state index in [2.05, 4.69) is 36.8 Å². The van der Waals surface area contributed by atoms with Crippen LogP contribution in [0.3, 0.4) is 0 Å². The largest absolute Gasteiger partial charge is 0.493 e. The predicted octanol–water partition coefficient (Wildman–Crippen LogP) is 4.26. The molecule has 0 aliphatic carbocycles. The van der Waals surface area contributed by atoms with E-state index in [9.17, 15) is 4.79 Å². The molecule has 0 spiro atoms. The predicted molar refractivity (Wildman–Crippen MR) is 125 cm³/mol. The number of aromatic nitrogens is 4. The number of carbonyl (C=O) groups excluding carboxylic acids is 1. The van der Waals surface area contributed by atoms with Crippen molar-refractivity contribution >= 4 is 27.8 Å². The van der Waals surface area contributed by atoms with Gasteiger partial charge >= 0.3 is 5.97 Å². The lowest BCUT2D eigenvalue weighted by Crippen LogP contribution is -2.30. The first-order chi connectivity index (χ1) is 15.9. The minimum atomic E-state index is -0.587. The second-order valence-electron chi connectivity index (χ2n) is 7.80. The van der Waals surface area contributed by atoms with Crippen molar-refractivity contribution in [2.75, 3.05) is 12.4 Å². The number of benzene rings is 2. The van der Waals surface area contributed by atoms with Crippen LogP contribution in [0, 0.1) is 0 Å². The Morgan fingerprint density at radius 2 is 2.03 bits per heavy atom. The Bertz CT molecular complexity index is 1210. The number of allylic oxidation sites excluding steroid dienone is 1. The second-order valence-corrected chi connectivity index (χ2v) is 8.71. The van der Waals surface area contributed by atoms with Gasteiger partial charge in [-0.05, 0) is 66.6 Å².